The number of ether oxygens (including phenoxy) is 1. The third-order valence-corrected chi connectivity index (χ3v) is 3.08. The van der Waals surface area contributed by atoms with Crippen LogP contribution in [-0.4, -0.2) is 11.1 Å². The van der Waals surface area contributed by atoms with Crippen LogP contribution >= 0.6 is 0 Å². The van der Waals surface area contributed by atoms with Gasteiger partial charge in [0.05, 0.1) is 11.8 Å². The number of hydrogen-bond acceptors (Lipinski definition) is 4. The zero-order chi connectivity index (χ0) is 15.4. The molecule has 1 heterocycles. The van der Waals surface area contributed by atoms with Crippen LogP contribution < -0.4 is 15.8 Å². The van der Waals surface area contributed by atoms with E-state index in [-0.39, 0.29) is 6.10 Å². The molecular weight excluding hydrogens is 262 g/mol. The Morgan fingerprint density at radius 2 is 1.76 bits per heavy atom. The van der Waals surface area contributed by atoms with Crippen LogP contribution in [0.3, 0.4) is 0 Å². The van der Waals surface area contributed by atoms with E-state index >= 15 is 0 Å². The monoisotopic (exact) mass is 285 g/mol. The van der Waals surface area contributed by atoms with Gasteiger partial charge in [-0.25, -0.2) is 0 Å². The van der Waals surface area contributed by atoms with Gasteiger partial charge in [0, 0.05) is 5.69 Å². The number of anilines is 3. The fourth-order valence-corrected chi connectivity index (χ4v) is 2.09. The number of benzene rings is 1. The summed E-state index contributed by atoms with van der Waals surface area (Å²) in [5, 5.41) is 3.35. The molecular formula is C17H23N3O. The van der Waals surface area contributed by atoms with Crippen LogP contribution in [0.1, 0.15) is 39.2 Å². The van der Waals surface area contributed by atoms with Crippen molar-refractivity contribution in [1.82, 2.24) is 4.98 Å². The van der Waals surface area contributed by atoms with Crippen molar-refractivity contribution >= 4 is 17.2 Å². The predicted molar refractivity (Wildman–Crippen MR) is 88.2 cm³/mol. The highest BCUT2D eigenvalue weighted by Crippen LogP contribution is 2.28. The first kappa shape index (κ1) is 15.2. The van der Waals surface area contributed by atoms with E-state index in [0.717, 1.165) is 11.5 Å². The van der Waals surface area contributed by atoms with Crippen LogP contribution in [0.4, 0.5) is 17.2 Å². The number of pyridine rings is 1. The Morgan fingerprint density at radius 1 is 1.05 bits per heavy atom. The average Bonchev–Trinajstić information content (AvgIpc) is 2.42. The van der Waals surface area contributed by atoms with Crippen LogP contribution in [0.2, 0.25) is 0 Å². The first-order chi connectivity index (χ1) is 9.97. The maximum absolute atomic E-state index is 5.89. The number of nitrogen functional groups attached to an aromatic ring is 1. The van der Waals surface area contributed by atoms with E-state index in [4.69, 9.17) is 10.5 Å². The molecule has 0 fully saturated rings. The van der Waals surface area contributed by atoms with E-state index < -0.39 is 0 Å². The summed E-state index contributed by atoms with van der Waals surface area (Å²) in [5.74, 6) is 1.64. The summed E-state index contributed by atoms with van der Waals surface area (Å²) >= 11 is 0. The number of nitrogens with one attached hydrogen (secondary N) is 1. The smallest absolute Gasteiger partial charge is 0.239 e. The summed E-state index contributed by atoms with van der Waals surface area (Å²) in [6.07, 6.45) is 0.0398. The molecule has 0 aliphatic rings. The van der Waals surface area contributed by atoms with E-state index in [2.05, 4.69) is 36.3 Å². The maximum atomic E-state index is 5.89. The Morgan fingerprint density at radius 3 is 2.43 bits per heavy atom. The van der Waals surface area contributed by atoms with Crippen molar-refractivity contribution in [2.24, 2.45) is 0 Å². The quantitative estimate of drug-likeness (QED) is 0.859. The second-order valence-corrected chi connectivity index (χ2v) is 5.62. The normalized spacial score (nSPS) is 11.0. The number of para-hydroxylation sites is 1. The molecule has 1 aromatic carbocycles. The summed E-state index contributed by atoms with van der Waals surface area (Å²) in [4.78, 5) is 4.45. The van der Waals surface area contributed by atoms with Gasteiger partial charge in [-0.15, -0.1) is 0 Å². The number of nitrogens with two attached hydrogens (primary N) is 1. The third kappa shape index (κ3) is 3.88. The van der Waals surface area contributed by atoms with Crippen molar-refractivity contribution in [3.8, 4) is 5.88 Å². The minimum atomic E-state index is 0.0398. The highest BCUT2D eigenvalue weighted by atomic mass is 16.5. The first-order valence-electron chi connectivity index (χ1n) is 7.26. The van der Waals surface area contributed by atoms with Gasteiger partial charge in [-0.05, 0) is 43.5 Å². The molecule has 0 amide bonds. The Hall–Kier alpha value is -2.23. The van der Waals surface area contributed by atoms with Gasteiger partial charge in [-0.1, -0.05) is 32.0 Å². The first-order valence-corrected chi connectivity index (χ1v) is 7.26. The summed E-state index contributed by atoms with van der Waals surface area (Å²) in [6.45, 7) is 8.25. The second-order valence-electron chi connectivity index (χ2n) is 5.62. The molecule has 0 bridgehead atoms. The molecule has 3 N–H and O–H groups in total. The Kier molecular flexibility index (Phi) is 4.68. The molecule has 112 valence electrons. The molecule has 21 heavy (non-hydrogen) atoms. The van der Waals surface area contributed by atoms with Gasteiger partial charge in [0.2, 0.25) is 5.88 Å². The molecule has 1 aromatic heterocycles. The Labute approximate surface area is 126 Å². The summed E-state index contributed by atoms with van der Waals surface area (Å²) in [6, 6.07) is 11.9. The van der Waals surface area contributed by atoms with Crippen molar-refractivity contribution in [2.75, 3.05) is 11.1 Å². The molecule has 4 heteroatoms. The van der Waals surface area contributed by atoms with Gasteiger partial charge < -0.3 is 15.8 Å². The lowest BCUT2D eigenvalue weighted by atomic mass is 10.0. The molecule has 0 aliphatic carbocycles. The average molecular weight is 285 g/mol. The molecule has 0 aliphatic heterocycles. The van der Waals surface area contributed by atoms with Crippen LogP contribution in [0, 0.1) is 0 Å². The summed E-state index contributed by atoms with van der Waals surface area (Å²) < 4.78 is 5.62. The van der Waals surface area contributed by atoms with E-state index in [1.165, 1.54) is 5.56 Å². The number of aromatic nitrogens is 1. The third-order valence-electron chi connectivity index (χ3n) is 3.08. The summed E-state index contributed by atoms with van der Waals surface area (Å²) in [7, 11) is 0. The lowest BCUT2D eigenvalue weighted by Crippen LogP contribution is -2.10. The minimum Gasteiger partial charge on any atom is -0.473 e. The lowest BCUT2D eigenvalue weighted by Gasteiger charge is -2.16. The van der Waals surface area contributed by atoms with Gasteiger partial charge in [-0.2, -0.15) is 4.98 Å². The molecule has 0 radical (unpaired) electrons. The van der Waals surface area contributed by atoms with E-state index in [0.29, 0.717) is 17.5 Å². The van der Waals surface area contributed by atoms with E-state index in [9.17, 15) is 0 Å². The van der Waals surface area contributed by atoms with Crippen LogP contribution in [0.25, 0.3) is 0 Å². The fraction of sp³-hybridized carbons (Fsp3) is 0.353. The second kappa shape index (κ2) is 6.48. The molecule has 0 saturated heterocycles. The molecule has 0 saturated carbocycles. The molecule has 4 nitrogen and oxygen atoms in total. The highest BCUT2D eigenvalue weighted by molar-refractivity contribution is 5.64. The van der Waals surface area contributed by atoms with Gasteiger partial charge in [0.15, 0.2) is 0 Å². The van der Waals surface area contributed by atoms with Crippen molar-refractivity contribution < 1.29 is 4.74 Å². The van der Waals surface area contributed by atoms with Crippen molar-refractivity contribution in [2.45, 2.75) is 39.7 Å². The highest BCUT2D eigenvalue weighted by Gasteiger charge is 2.09. The van der Waals surface area contributed by atoms with Crippen LogP contribution in [0.5, 0.6) is 5.88 Å². The topological polar surface area (TPSA) is 60.2 Å². The van der Waals surface area contributed by atoms with Crippen LogP contribution in [0.15, 0.2) is 36.4 Å². The van der Waals surface area contributed by atoms with Crippen molar-refractivity contribution in [1.29, 1.82) is 0 Å². The zero-order valence-corrected chi connectivity index (χ0v) is 13.1. The summed E-state index contributed by atoms with van der Waals surface area (Å²) in [5.41, 5.74) is 8.75. The molecule has 2 rings (SSSR count). The van der Waals surface area contributed by atoms with Gasteiger partial charge in [0.1, 0.15) is 5.82 Å². The van der Waals surface area contributed by atoms with Crippen molar-refractivity contribution in [3.05, 3.63) is 42.0 Å². The lowest BCUT2D eigenvalue weighted by molar-refractivity contribution is 0.234. The number of nitrogens with zero attached hydrogens (tertiary/aromatic N) is 1. The minimum absolute atomic E-state index is 0.0398. The Bertz CT molecular complexity index is 609. The van der Waals surface area contributed by atoms with Crippen molar-refractivity contribution in [3.63, 3.8) is 0 Å². The molecule has 0 unspecified atom stereocenters. The predicted octanol–water partition coefficient (Wildman–Crippen LogP) is 4.32. The SMILES string of the molecule is CC(C)Oc1nc(Nc2ccccc2C(C)C)ccc1N. The largest absolute Gasteiger partial charge is 0.473 e. The maximum Gasteiger partial charge on any atom is 0.239 e. The zero-order valence-electron chi connectivity index (χ0n) is 13.1. The standard InChI is InChI=1S/C17H23N3O/c1-11(2)13-7-5-6-8-15(13)19-16-10-9-14(18)17(20-16)21-12(3)4/h5-12H,18H2,1-4H3,(H,19,20). The van der Waals surface area contributed by atoms with Crippen LogP contribution in [-0.2, 0) is 0 Å². The fourth-order valence-electron chi connectivity index (χ4n) is 2.09. The Balaban J connectivity index is 2.28. The van der Waals surface area contributed by atoms with Gasteiger partial charge >= 0.3 is 0 Å². The van der Waals surface area contributed by atoms with E-state index in [1.54, 1.807) is 0 Å². The molecule has 0 atom stereocenters. The van der Waals surface area contributed by atoms with Gasteiger partial charge in [-0.3, -0.25) is 0 Å². The van der Waals surface area contributed by atoms with Gasteiger partial charge in [0.25, 0.3) is 0 Å². The van der Waals surface area contributed by atoms with E-state index in [1.807, 2.05) is 38.1 Å². The molecule has 0 spiro atoms. The number of rotatable bonds is 5. The molecule has 2 aromatic rings. The number of hydrogen-bond donors (Lipinski definition) is 2.